The predicted molar refractivity (Wildman–Crippen MR) is 85.6 cm³/mol. The summed E-state index contributed by atoms with van der Waals surface area (Å²) in [5.41, 5.74) is 0.196. The van der Waals surface area contributed by atoms with E-state index in [1.807, 2.05) is 0 Å². The van der Waals surface area contributed by atoms with Crippen LogP contribution in [0.15, 0.2) is 22.7 Å². The Balaban J connectivity index is 2.10. The maximum Gasteiger partial charge on any atom is 0.287 e. The van der Waals surface area contributed by atoms with E-state index >= 15 is 0 Å². The van der Waals surface area contributed by atoms with Crippen molar-refractivity contribution in [2.45, 2.75) is 32.1 Å². The van der Waals surface area contributed by atoms with Gasteiger partial charge in [0.1, 0.15) is 10.2 Å². The third kappa shape index (κ3) is 3.52. The number of nitro benzene ring substituents is 1. The first-order chi connectivity index (χ1) is 9.58. The minimum absolute atomic E-state index is 0.0408. The second-order valence-corrected chi connectivity index (χ2v) is 6.68. The molecule has 0 saturated heterocycles. The lowest BCUT2D eigenvalue weighted by Gasteiger charge is -2.35. The van der Waals surface area contributed by atoms with Crippen molar-refractivity contribution in [2.24, 2.45) is 5.41 Å². The van der Waals surface area contributed by atoms with E-state index in [-0.39, 0.29) is 11.1 Å². The fourth-order valence-electron chi connectivity index (χ4n) is 2.60. The molecule has 1 aromatic rings. The maximum atomic E-state index is 10.9. The van der Waals surface area contributed by atoms with Crippen LogP contribution in [0.1, 0.15) is 32.1 Å². The van der Waals surface area contributed by atoms with Gasteiger partial charge in [0, 0.05) is 16.8 Å². The summed E-state index contributed by atoms with van der Waals surface area (Å²) in [6, 6.07) is 4.89. The van der Waals surface area contributed by atoms with E-state index in [9.17, 15) is 10.1 Å². The third-order valence-corrected chi connectivity index (χ3v) is 5.86. The van der Waals surface area contributed by atoms with Gasteiger partial charge in [-0.2, -0.15) is 0 Å². The molecule has 1 aromatic carbocycles. The number of rotatable bonds is 5. The summed E-state index contributed by atoms with van der Waals surface area (Å²) >= 11 is 6.87. The zero-order chi connectivity index (χ0) is 14.6. The molecule has 110 valence electrons. The number of hydrogen-bond donors (Lipinski definition) is 0. The normalized spacial score (nSPS) is 17.7. The summed E-state index contributed by atoms with van der Waals surface area (Å²) in [6.07, 6.45) is 6.03. The van der Waals surface area contributed by atoms with Gasteiger partial charge in [-0.3, -0.25) is 10.1 Å². The molecule has 0 aliphatic heterocycles. The minimum atomic E-state index is -0.405. The topological polar surface area (TPSA) is 52.4 Å². The smallest absolute Gasteiger partial charge is 0.287 e. The van der Waals surface area contributed by atoms with Gasteiger partial charge in [0.05, 0.1) is 11.5 Å². The van der Waals surface area contributed by atoms with Gasteiger partial charge < -0.3 is 4.74 Å². The van der Waals surface area contributed by atoms with Gasteiger partial charge in [-0.25, -0.2) is 0 Å². The minimum Gasteiger partial charge on any atom is -0.492 e. The Morgan fingerprint density at radius 2 is 2.00 bits per heavy atom. The molecule has 1 aliphatic carbocycles. The lowest BCUT2D eigenvalue weighted by Crippen LogP contribution is -2.32. The lowest BCUT2D eigenvalue weighted by atomic mass is 9.76. The van der Waals surface area contributed by atoms with E-state index in [0.29, 0.717) is 16.8 Å². The van der Waals surface area contributed by atoms with Crippen LogP contribution < -0.4 is 4.74 Å². The molecule has 0 heterocycles. The molecule has 0 unspecified atom stereocenters. The Hall–Kier alpha value is -0.620. The first-order valence-corrected chi connectivity index (χ1v) is 8.61. The summed E-state index contributed by atoms with van der Waals surface area (Å²) in [6.45, 7) is 0.595. The maximum absolute atomic E-state index is 10.9. The van der Waals surface area contributed by atoms with Crippen molar-refractivity contribution < 1.29 is 9.66 Å². The number of halogens is 2. The number of nitrogens with zero attached hydrogens (tertiary/aromatic N) is 1. The lowest BCUT2D eigenvalue weighted by molar-refractivity contribution is -0.385. The van der Waals surface area contributed by atoms with Gasteiger partial charge in [0.25, 0.3) is 5.69 Å². The molecular weight excluding hydrogens is 390 g/mol. The molecule has 4 nitrogen and oxygen atoms in total. The molecule has 0 N–H and O–H groups in total. The average molecular weight is 407 g/mol. The zero-order valence-electron chi connectivity index (χ0n) is 11.1. The SMILES string of the molecule is O=[N+]([O-])c1cccc(OCC2(CBr)CCCCC2)c1Br. The largest absolute Gasteiger partial charge is 0.492 e. The van der Waals surface area contributed by atoms with E-state index in [1.165, 1.54) is 25.3 Å². The zero-order valence-corrected chi connectivity index (χ0v) is 14.3. The van der Waals surface area contributed by atoms with Crippen molar-refractivity contribution in [1.82, 2.24) is 0 Å². The van der Waals surface area contributed by atoms with Gasteiger partial charge >= 0.3 is 0 Å². The van der Waals surface area contributed by atoms with Gasteiger partial charge in [0.2, 0.25) is 0 Å². The van der Waals surface area contributed by atoms with E-state index < -0.39 is 4.92 Å². The van der Waals surface area contributed by atoms with E-state index in [0.717, 1.165) is 18.2 Å². The van der Waals surface area contributed by atoms with Crippen LogP contribution in [0, 0.1) is 15.5 Å². The highest BCUT2D eigenvalue weighted by molar-refractivity contribution is 9.10. The fraction of sp³-hybridized carbons (Fsp3) is 0.571. The molecule has 1 saturated carbocycles. The molecule has 6 heteroatoms. The van der Waals surface area contributed by atoms with Crippen molar-refractivity contribution >= 4 is 37.5 Å². The summed E-state index contributed by atoms with van der Waals surface area (Å²) in [7, 11) is 0. The first kappa shape index (κ1) is 15.8. The summed E-state index contributed by atoms with van der Waals surface area (Å²) in [4.78, 5) is 10.5. The van der Waals surface area contributed by atoms with Crippen molar-refractivity contribution in [3.05, 3.63) is 32.8 Å². The molecule has 20 heavy (non-hydrogen) atoms. The Morgan fingerprint density at radius 1 is 1.30 bits per heavy atom. The number of hydrogen-bond acceptors (Lipinski definition) is 3. The highest BCUT2D eigenvalue weighted by Crippen LogP contribution is 2.40. The fourth-order valence-corrected chi connectivity index (χ4v) is 3.85. The van der Waals surface area contributed by atoms with Crippen molar-refractivity contribution in [2.75, 3.05) is 11.9 Å². The van der Waals surface area contributed by atoms with Crippen molar-refractivity contribution in [3.8, 4) is 5.75 Å². The highest BCUT2D eigenvalue weighted by atomic mass is 79.9. The molecular formula is C14H17Br2NO3. The second-order valence-electron chi connectivity index (χ2n) is 5.33. The predicted octanol–water partition coefficient (Wildman–Crippen LogP) is 5.08. The number of nitro groups is 1. The van der Waals surface area contributed by atoms with Crippen molar-refractivity contribution in [3.63, 3.8) is 0 Å². The van der Waals surface area contributed by atoms with E-state index in [2.05, 4.69) is 31.9 Å². The van der Waals surface area contributed by atoms with Gasteiger partial charge in [0.15, 0.2) is 0 Å². The van der Waals surface area contributed by atoms with Crippen LogP contribution in [0.25, 0.3) is 0 Å². The van der Waals surface area contributed by atoms with Crippen LogP contribution in [0.2, 0.25) is 0 Å². The van der Waals surface area contributed by atoms with Crippen LogP contribution in [0.3, 0.4) is 0 Å². The van der Waals surface area contributed by atoms with Crippen LogP contribution in [0.4, 0.5) is 5.69 Å². The Bertz CT molecular complexity index is 487. The Labute approximate surface area is 135 Å². The molecule has 2 rings (SSSR count). The quantitative estimate of drug-likeness (QED) is 0.389. The van der Waals surface area contributed by atoms with Gasteiger partial charge in [-0.1, -0.05) is 41.3 Å². The molecule has 1 aliphatic rings. The number of alkyl halides is 1. The second kappa shape index (κ2) is 6.89. The molecule has 0 amide bonds. The Kier molecular flexibility index (Phi) is 5.43. The summed E-state index contributed by atoms with van der Waals surface area (Å²) in [5.74, 6) is 0.546. The molecule has 0 radical (unpaired) electrons. The van der Waals surface area contributed by atoms with Crippen LogP contribution in [-0.2, 0) is 0 Å². The van der Waals surface area contributed by atoms with Crippen LogP contribution in [-0.4, -0.2) is 16.9 Å². The van der Waals surface area contributed by atoms with Gasteiger partial charge in [-0.15, -0.1) is 0 Å². The van der Waals surface area contributed by atoms with E-state index in [1.54, 1.807) is 12.1 Å². The summed E-state index contributed by atoms with van der Waals surface area (Å²) in [5, 5.41) is 11.8. The highest BCUT2D eigenvalue weighted by Gasteiger charge is 2.32. The average Bonchev–Trinajstić information content (AvgIpc) is 2.47. The van der Waals surface area contributed by atoms with Crippen LogP contribution in [0.5, 0.6) is 5.75 Å². The monoisotopic (exact) mass is 405 g/mol. The van der Waals surface area contributed by atoms with Crippen LogP contribution >= 0.6 is 31.9 Å². The third-order valence-electron chi connectivity index (χ3n) is 3.87. The standard InChI is InChI=1S/C14H17Br2NO3/c15-9-14(7-2-1-3-8-14)10-20-12-6-4-5-11(13(12)16)17(18)19/h4-6H,1-3,7-10H2. The molecule has 0 spiro atoms. The van der Waals surface area contributed by atoms with Gasteiger partial charge in [-0.05, 0) is 34.8 Å². The Morgan fingerprint density at radius 3 is 2.60 bits per heavy atom. The van der Waals surface area contributed by atoms with E-state index in [4.69, 9.17) is 4.74 Å². The first-order valence-electron chi connectivity index (χ1n) is 6.70. The molecule has 0 atom stereocenters. The molecule has 1 fully saturated rings. The molecule has 0 aromatic heterocycles. The number of ether oxygens (including phenoxy) is 1. The molecule has 0 bridgehead atoms. The summed E-state index contributed by atoms with van der Waals surface area (Å²) < 4.78 is 6.30. The van der Waals surface area contributed by atoms with Crippen molar-refractivity contribution in [1.29, 1.82) is 0 Å². The number of benzene rings is 1.